The van der Waals surface area contributed by atoms with E-state index in [9.17, 15) is 93.9 Å². The van der Waals surface area contributed by atoms with Crippen molar-refractivity contribution in [3.8, 4) is 12.5 Å². The number of aliphatic carboxylic acids is 3. The Hall–Kier alpha value is -6.14. The molecule has 0 aromatic rings. The van der Waals surface area contributed by atoms with Gasteiger partial charge in [-0.05, 0) is 224 Å². The molecule has 0 heterocycles. The van der Waals surface area contributed by atoms with Crippen molar-refractivity contribution in [1.29, 1.82) is 0 Å². The maximum absolute atomic E-state index is 13.1. The van der Waals surface area contributed by atoms with Gasteiger partial charge in [-0.15, -0.1) is 0 Å². The summed E-state index contributed by atoms with van der Waals surface area (Å²) in [4.78, 5) is 118. The summed E-state index contributed by atoms with van der Waals surface area (Å²) in [5, 5.41) is 96.0. The molecule has 0 amide bonds. The number of hydrogen-bond donors (Lipinski definition) is 9. The highest BCUT2D eigenvalue weighted by Gasteiger charge is 2.75. The topological polar surface area (TPSA) is 412 Å². The van der Waals surface area contributed by atoms with E-state index < -0.39 is 125 Å². The van der Waals surface area contributed by atoms with Crippen LogP contribution in [0.5, 0.6) is 0 Å². The fourth-order valence-electron chi connectivity index (χ4n) is 27.7. The van der Waals surface area contributed by atoms with Gasteiger partial charge in [-0.2, -0.15) is 0 Å². The number of carbonyl (C=O) groups excluding carboxylic acids is 7. The summed E-state index contributed by atoms with van der Waals surface area (Å²) in [6.45, 7) is 15.6. The number of hydrogen-bond acceptors (Lipinski definition) is 19. The Labute approximate surface area is 681 Å². The summed E-state index contributed by atoms with van der Waals surface area (Å²) in [5.41, 5.74) is -7.90. The summed E-state index contributed by atoms with van der Waals surface area (Å²) < 4.78 is 16.1. The van der Waals surface area contributed by atoms with Crippen LogP contribution in [0.3, 0.4) is 0 Å². The zero-order valence-electron chi connectivity index (χ0n) is 64.9. The van der Waals surface area contributed by atoms with Crippen LogP contribution < -0.4 is 0 Å². The predicted molar refractivity (Wildman–Crippen MR) is 418 cm³/mol. The summed E-state index contributed by atoms with van der Waals surface area (Å²) in [5.74, 6) is -6.29. The molecular formula is C86H112Cl4O23. The van der Waals surface area contributed by atoms with Crippen molar-refractivity contribution in [2.45, 2.75) is 240 Å². The first kappa shape index (κ1) is 86.2. The van der Waals surface area contributed by atoms with Crippen molar-refractivity contribution in [3.05, 3.63) is 95.2 Å². The van der Waals surface area contributed by atoms with Gasteiger partial charge in [0.2, 0.25) is 20.9 Å². The molecule has 27 heteroatoms. The number of allylic oxidation sites excluding steroid dienone is 16. The molecule has 0 aromatic carbocycles. The fraction of sp³-hybridized carbons (Fsp3) is 0.674. The standard InChI is InChI=1S/C24H26Cl2O6.C22H26Cl2O6.2C20H26O5.H2O.3H2/c1-4-31-21(30)24(32-20(29)19(25)26)10-8-16-15-6-5-13-11-14(27)7-9-22(13,2)18(15)17(28)12-23(16,24)3;1-20-7-5-12(25)9-11(20)3-4-13-14-6-8-22(19(28)29,30-18(27)17(23)24)21(14,2)10-15(26)16(13)20;2*1-18-7-5-12(21)9-11(18)3-4-13-14-6-8-20(25,17(23)24)19(14,2)10-15(22)16(13)18;;;;/h1,7,9,11,15-19,28H,5-6,8,10,12H2,2-3H3;5,7,9,13-17,26H,3-4,6,8,10H2,1-2H3,(H,28,29);2*5,7,9,13-16,22,25H,3-4,6,8,10H2,1-2H3,(H,23,24);1H2;3*1H/t15?,16?,17-,18?,22?,23?,24-;13?,14?,15-,16?,20?,21?,22-;2*13?,14?,15-,16?,18?,19?,20-;;;;/m0000..../s1. The molecule has 0 radical (unpaired) electrons. The number of esters is 3. The molecule has 0 bridgehead atoms. The first-order valence-corrected chi connectivity index (χ1v) is 41.3. The molecule has 20 unspecified atom stereocenters. The van der Waals surface area contributed by atoms with Gasteiger partial charge in [-0.1, -0.05) is 155 Å². The number of aliphatic hydroxyl groups excluding tert-OH is 4. The van der Waals surface area contributed by atoms with E-state index in [2.05, 4.69) is 27.7 Å². The Kier molecular flexibility index (Phi) is 22.7. The second-order valence-electron chi connectivity index (χ2n) is 37.2. The van der Waals surface area contributed by atoms with Gasteiger partial charge in [-0.25, -0.2) is 28.8 Å². The third-order valence-corrected chi connectivity index (χ3v) is 33.7. The number of terminal acetylenes is 1. The van der Waals surface area contributed by atoms with Gasteiger partial charge in [0.25, 0.3) is 0 Å². The molecule has 0 aromatic heterocycles. The lowest BCUT2D eigenvalue weighted by Gasteiger charge is -2.59. The van der Waals surface area contributed by atoms with E-state index in [1.54, 1.807) is 55.5 Å². The Morgan fingerprint density at radius 3 is 0.956 bits per heavy atom. The zero-order valence-corrected chi connectivity index (χ0v) is 67.9. The number of rotatable bonds is 8. The predicted octanol–water partition coefficient (Wildman–Crippen LogP) is 11.0. The second kappa shape index (κ2) is 29.7. The van der Waals surface area contributed by atoms with E-state index in [0.29, 0.717) is 25.7 Å². The van der Waals surface area contributed by atoms with Gasteiger partial charge in [0.1, 0.15) is 6.11 Å². The first-order valence-electron chi connectivity index (χ1n) is 39.6. The lowest BCUT2D eigenvalue weighted by molar-refractivity contribution is -0.208. The average Bonchev–Trinajstić information content (AvgIpc) is 1.48. The van der Waals surface area contributed by atoms with Crippen LogP contribution in [-0.4, -0.2) is 167 Å². The number of carbonyl (C=O) groups is 10. The lowest BCUT2D eigenvalue weighted by Crippen LogP contribution is -2.63. The Morgan fingerprint density at radius 2 is 0.681 bits per heavy atom. The first-order chi connectivity index (χ1) is 52.2. The van der Waals surface area contributed by atoms with E-state index in [-0.39, 0.29) is 166 Å². The van der Waals surface area contributed by atoms with Crippen LogP contribution in [0.15, 0.2) is 95.2 Å². The highest BCUT2D eigenvalue weighted by Crippen LogP contribution is 2.73. The third kappa shape index (κ3) is 12.8. The number of carboxylic acid groups (broad SMARTS) is 3. The molecule has 16 rings (SSSR count). The fourth-order valence-corrected chi connectivity index (χ4v) is 27.8. The van der Waals surface area contributed by atoms with Gasteiger partial charge in [-0.3, -0.25) is 19.2 Å². The van der Waals surface area contributed by atoms with Crippen molar-refractivity contribution in [3.63, 3.8) is 0 Å². The molecule has 12 fully saturated rings. The van der Waals surface area contributed by atoms with Crippen LogP contribution in [0.25, 0.3) is 0 Å². The molecule has 622 valence electrons. The maximum atomic E-state index is 13.1. The highest BCUT2D eigenvalue weighted by atomic mass is 35.5. The van der Waals surface area contributed by atoms with Crippen molar-refractivity contribution < 1.29 is 118 Å². The minimum atomic E-state index is -1.78. The van der Waals surface area contributed by atoms with E-state index in [1.807, 2.05) is 51.2 Å². The number of ether oxygens (including phenoxy) is 3. The summed E-state index contributed by atoms with van der Waals surface area (Å²) in [7, 11) is 0. The molecule has 16 aliphatic rings. The van der Waals surface area contributed by atoms with Crippen LogP contribution in [-0.2, 0) is 62.2 Å². The maximum Gasteiger partial charge on any atom is 0.365 e. The van der Waals surface area contributed by atoms with Crippen molar-refractivity contribution >= 4 is 105 Å². The number of aliphatic hydroxyl groups is 6. The second-order valence-corrected chi connectivity index (χ2v) is 39.4. The molecule has 0 spiro atoms. The van der Waals surface area contributed by atoms with E-state index >= 15 is 0 Å². The van der Waals surface area contributed by atoms with Crippen LogP contribution >= 0.6 is 46.4 Å². The van der Waals surface area contributed by atoms with Crippen molar-refractivity contribution in [2.24, 2.45) is 114 Å². The highest BCUT2D eigenvalue weighted by molar-refractivity contribution is 6.53. The monoisotopic (exact) mass is 1650 g/mol. The molecular weight excluding hydrogens is 1540 g/mol. The molecule has 113 heavy (non-hydrogen) atoms. The quantitative estimate of drug-likeness (QED) is 0.0472. The smallest absolute Gasteiger partial charge is 0.365 e. The average molecular weight is 1660 g/mol. The molecule has 28 atom stereocenters. The lowest BCUT2D eigenvalue weighted by atomic mass is 9.46. The number of halogens is 4. The van der Waals surface area contributed by atoms with Crippen LogP contribution in [0, 0.1) is 127 Å². The van der Waals surface area contributed by atoms with Crippen LogP contribution in [0.2, 0.25) is 0 Å². The molecule has 0 saturated heterocycles. The zero-order chi connectivity index (χ0) is 81.9. The van der Waals surface area contributed by atoms with E-state index in [1.165, 1.54) is 0 Å². The van der Waals surface area contributed by atoms with Crippen LogP contribution in [0.1, 0.15) is 188 Å². The number of alkyl halides is 4. The molecule has 12 saturated carbocycles. The van der Waals surface area contributed by atoms with Crippen molar-refractivity contribution in [1.82, 2.24) is 0 Å². The minimum absolute atomic E-state index is 0. The number of fused-ring (bicyclic) bond motifs is 20. The Morgan fingerprint density at radius 1 is 0.425 bits per heavy atom. The van der Waals surface area contributed by atoms with Crippen LogP contribution in [0.4, 0.5) is 0 Å². The molecule has 23 nitrogen and oxygen atoms in total. The minimum Gasteiger partial charge on any atom is -0.479 e. The van der Waals surface area contributed by atoms with Gasteiger partial charge >= 0.3 is 35.8 Å². The Balaban J connectivity index is 0.000000176. The molecule has 11 N–H and O–H groups in total. The van der Waals surface area contributed by atoms with Crippen molar-refractivity contribution in [2.75, 3.05) is 0 Å². The Bertz CT molecular complexity index is 4220. The number of ketones is 4. The van der Waals surface area contributed by atoms with Gasteiger partial charge < -0.3 is 65.6 Å². The van der Waals surface area contributed by atoms with Gasteiger partial charge in [0, 0.05) is 71.3 Å². The molecule has 16 aliphatic carbocycles. The number of carboxylic acids is 3. The SMILES string of the molecule is C#COC(=O)[C@@]1(OC(=O)C(Cl)Cl)CCC2C3CCC4=CC(=O)C=CC4(C)C3[C@@H](O)CC21C.CC12C=CC(=O)C=C1CCC1C2[C@@H](O)CC2(C)C1CC[C@]2(O)C(=O)O.CC12C=CC(=O)C=C1CCC1C2[C@@H](O)CC2(C)C1CC[C@]2(O)C(=O)O.CC12C=CC(=O)C=C1CCC1C2[C@@H](O)CC2(C)C1CC[C@]2(OC(=O)C(Cl)Cl)C(=O)O.O.[HH].[HH].[HH]. The molecule has 0 aliphatic heterocycles. The van der Waals surface area contributed by atoms with E-state index in [0.717, 1.165) is 73.7 Å². The normalized spacial score (nSPS) is 46.6. The van der Waals surface area contributed by atoms with Gasteiger partial charge in [0.05, 0.1) is 24.4 Å². The van der Waals surface area contributed by atoms with E-state index in [4.69, 9.17) is 67.0 Å². The summed E-state index contributed by atoms with van der Waals surface area (Å²) in [6, 6.07) is 0. The third-order valence-electron chi connectivity index (χ3n) is 33.0. The summed E-state index contributed by atoms with van der Waals surface area (Å²) in [6.07, 6.45) is 35.4. The largest absolute Gasteiger partial charge is 0.479 e. The van der Waals surface area contributed by atoms with Gasteiger partial charge in [0.15, 0.2) is 34.3 Å². The summed E-state index contributed by atoms with van der Waals surface area (Å²) >= 11 is 22.7.